The fourth-order valence-electron chi connectivity index (χ4n) is 3.32. The van der Waals surface area contributed by atoms with Crippen molar-refractivity contribution in [1.82, 2.24) is 0 Å². The van der Waals surface area contributed by atoms with Crippen LogP contribution in [0, 0.1) is 5.92 Å². The summed E-state index contributed by atoms with van der Waals surface area (Å²) >= 11 is 0. The topological polar surface area (TPSA) is 93.2 Å². The van der Waals surface area contributed by atoms with E-state index < -0.39 is 0 Å². The third kappa shape index (κ3) is 30.1. The minimum atomic E-state index is 0.0224. The van der Waals surface area contributed by atoms with Crippen molar-refractivity contribution in [1.29, 1.82) is 0 Å². The zero-order valence-corrected chi connectivity index (χ0v) is 28.2. The molecule has 0 aliphatic carbocycles. The fourth-order valence-corrected chi connectivity index (χ4v) is 3.32. The Morgan fingerprint density at radius 3 is 1.79 bits per heavy atom. The van der Waals surface area contributed by atoms with E-state index in [4.69, 9.17) is 11.5 Å². The van der Waals surface area contributed by atoms with E-state index in [1.165, 1.54) is 69.0 Å². The van der Waals surface area contributed by atoms with Crippen LogP contribution in [0.2, 0.25) is 0 Å². The number of rotatable bonds is 15. The van der Waals surface area contributed by atoms with Gasteiger partial charge in [-0.1, -0.05) is 116 Å². The van der Waals surface area contributed by atoms with Gasteiger partial charge in [0.15, 0.2) is 0 Å². The molecule has 0 saturated carbocycles. The number of nitrogens with one attached hydrogen (secondary N) is 2. The molecule has 5 heteroatoms. The Bertz CT molecular complexity index is 854. The minimum Gasteiger partial charge on any atom is -0.385 e. The quantitative estimate of drug-likeness (QED) is 0.124. The normalized spacial score (nSPS) is 10.0. The molecule has 0 heterocycles. The van der Waals surface area contributed by atoms with Crippen molar-refractivity contribution in [2.24, 2.45) is 17.4 Å². The van der Waals surface area contributed by atoms with Crippen LogP contribution in [0.1, 0.15) is 111 Å². The first-order valence-corrected chi connectivity index (χ1v) is 16.0. The van der Waals surface area contributed by atoms with Gasteiger partial charge >= 0.3 is 0 Å². The number of benzene rings is 2. The van der Waals surface area contributed by atoms with Crippen LogP contribution in [-0.4, -0.2) is 19.0 Å². The molecule has 0 bridgehead atoms. The van der Waals surface area contributed by atoms with Gasteiger partial charge in [-0.2, -0.15) is 0 Å². The van der Waals surface area contributed by atoms with Crippen LogP contribution < -0.4 is 22.1 Å². The van der Waals surface area contributed by atoms with Gasteiger partial charge in [-0.3, -0.25) is 4.79 Å². The lowest BCUT2D eigenvalue weighted by molar-refractivity contribution is -0.115. The smallest absolute Gasteiger partial charge is 0.224 e. The van der Waals surface area contributed by atoms with Crippen molar-refractivity contribution in [3.05, 3.63) is 85.5 Å². The van der Waals surface area contributed by atoms with Crippen LogP contribution in [0.15, 0.2) is 79.9 Å². The Kier molecular flexibility index (Phi) is 35.6. The molecule has 1 atom stereocenters. The molecular weight excluding hydrogens is 516 g/mol. The maximum absolute atomic E-state index is 11.0. The number of hydrogen-bond donors (Lipinski definition) is 4. The molecule has 42 heavy (non-hydrogen) atoms. The number of anilines is 2. The van der Waals surface area contributed by atoms with Crippen LogP contribution in [0.5, 0.6) is 0 Å². The van der Waals surface area contributed by atoms with E-state index in [-0.39, 0.29) is 5.91 Å². The third-order valence-electron chi connectivity index (χ3n) is 6.21. The monoisotopic (exact) mass is 583 g/mol. The molecule has 1 amide bonds. The van der Waals surface area contributed by atoms with Crippen molar-refractivity contribution in [2.45, 2.75) is 112 Å². The van der Waals surface area contributed by atoms with Gasteiger partial charge in [-0.15, -0.1) is 13.2 Å². The number of allylic oxidation sites excluding steroid dienone is 1. The van der Waals surface area contributed by atoms with Crippen LogP contribution in [0.25, 0.3) is 0 Å². The summed E-state index contributed by atoms with van der Waals surface area (Å²) in [6, 6.07) is 18.0. The highest BCUT2D eigenvalue weighted by Crippen LogP contribution is 2.11. The average Bonchev–Trinajstić information content (AvgIpc) is 3.02. The van der Waals surface area contributed by atoms with Gasteiger partial charge in [0.25, 0.3) is 0 Å². The van der Waals surface area contributed by atoms with Crippen molar-refractivity contribution in [2.75, 3.05) is 23.7 Å². The number of hydrogen-bond acceptors (Lipinski definition) is 4. The largest absolute Gasteiger partial charge is 0.385 e. The van der Waals surface area contributed by atoms with Crippen LogP contribution in [0.4, 0.5) is 11.4 Å². The van der Waals surface area contributed by atoms with E-state index in [1.54, 1.807) is 0 Å². The molecule has 6 N–H and O–H groups in total. The molecule has 0 spiro atoms. The molecule has 0 aromatic heterocycles. The van der Waals surface area contributed by atoms with Gasteiger partial charge in [0, 0.05) is 30.9 Å². The molecule has 1 unspecified atom stereocenters. The minimum absolute atomic E-state index is 0.0224. The molecule has 2 aromatic carbocycles. The molecule has 0 saturated heterocycles. The first-order chi connectivity index (χ1) is 20.3. The second-order valence-corrected chi connectivity index (χ2v) is 10.2. The lowest BCUT2D eigenvalue weighted by Gasteiger charge is -2.05. The fraction of sp³-hybridized carbons (Fsp3) is 0.541. The van der Waals surface area contributed by atoms with Gasteiger partial charge in [0.1, 0.15) is 0 Å². The summed E-state index contributed by atoms with van der Waals surface area (Å²) in [4.78, 5) is 11.0. The second-order valence-electron chi connectivity index (χ2n) is 10.2. The van der Waals surface area contributed by atoms with E-state index in [1.807, 2.05) is 37.3 Å². The molecule has 240 valence electrons. The predicted molar refractivity (Wildman–Crippen MR) is 191 cm³/mol. The molecule has 0 fully saturated rings. The van der Waals surface area contributed by atoms with E-state index in [2.05, 4.69) is 89.3 Å². The summed E-state index contributed by atoms with van der Waals surface area (Å²) in [5.41, 5.74) is 15.3. The van der Waals surface area contributed by atoms with Crippen LogP contribution >= 0.6 is 0 Å². The number of para-hydroxylation sites is 1. The van der Waals surface area contributed by atoms with Gasteiger partial charge in [0.2, 0.25) is 5.91 Å². The lowest BCUT2D eigenvalue weighted by atomic mass is 10.0. The zero-order valence-electron chi connectivity index (χ0n) is 28.2. The highest BCUT2D eigenvalue weighted by molar-refractivity contribution is 5.90. The lowest BCUT2D eigenvalue weighted by Crippen LogP contribution is -2.09. The van der Waals surface area contributed by atoms with Crippen molar-refractivity contribution < 1.29 is 4.79 Å². The Morgan fingerprint density at radius 1 is 0.810 bits per heavy atom. The second kappa shape index (κ2) is 34.3. The summed E-state index contributed by atoms with van der Waals surface area (Å²) in [5, 5.41) is 6.21. The highest BCUT2D eigenvalue weighted by atomic mass is 16.1. The Balaban J connectivity index is -0.000000537. The number of carbonyl (C=O) groups excluding carboxylic acids is 1. The van der Waals surface area contributed by atoms with Crippen molar-refractivity contribution >= 4 is 17.3 Å². The first-order valence-electron chi connectivity index (χ1n) is 16.0. The molecule has 0 radical (unpaired) electrons. The van der Waals surface area contributed by atoms with E-state index in [9.17, 15) is 4.79 Å². The number of nitrogens with two attached hydrogens (primary N) is 2. The first kappa shape index (κ1) is 43.6. The highest BCUT2D eigenvalue weighted by Gasteiger charge is 1.98. The maximum Gasteiger partial charge on any atom is 0.224 e. The zero-order chi connectivity index (χ0) is 32.4. The summed E-state index contributed by atoms with van der Waals surface area (Å²) in [6.07, 6.45) is 12.1. The Morgan fingerprint density at radius 2 is 1.33 bits per heavy atom. The van der Waals surface area contributed by atoms with E-state index >= 15 is 0 Å². The maximum atomic E-state index is 11.0. The van der Waals surface area contributed by atoms with E-state index in [0.29, 0.717) is 18.9 Å². The number of amides is 1. The van der Waals surface area contributed by atoms with Gasteiger partial charge in [0.05, 0.1) is 0 Å². The van der Waals surface area contributed by atoms with Gasteiger partial charge in [-0.05, 0) is 68.5 Å². The van der Waals surface area contributed by atoms with Crippen molar-refractivity contribution in [3.63, 3.8) is 0 Å². The van der Waals surface area contributed by atoms with Crippen LogP contribution in [-0.2, 0) is 11.3 Å². The summed E-state index contributed by atoms with van der Waals surface area (Å²) in [6.45, 7) is 24.8. The van der Waals surface area contributed by atoms with Crippen LogP contribution in [0.3, 0.4) is 0 Å². The van der Waals surface area contributed by atoms with Gasteiger partial charge in [-0.25, -0.2) is 0 Å². The van der Waals surface area contributed by atoms with Gasteiger partial charge < -0.3 is 22.1 Å². The Labute approximate surface area is 260 Å². The Hall–Kier alpha value is -2.89. The van der Waals surface area contributed by atoms with E-state index in [0.717, 1.165) is 24.3 Å². The average molecular weight is 583 g/mol. The SMILES string of the molecule is C=C.C=C(C)C(C)CC.CCC.CCC(=O)Nc1cccc(CN)c1.NCCCCCCCCCNc1ccccc1. The molecular formula is C37H66N4O. The molecule has 0 aliphatic rings. The summed E-state index contributed by atoms with van der Waals surface area (Å²) in [5.74, 6) is 0.731. The molecule has 0 aliphatic heterocycles. The van der Waals surface area contributed by atoms with Crippen molar-refractivity contribution in [3.8, 4) is 0 Å². The molecule has 5 nitrogen and oxygen atoms in total. The molecule has 2 aromatic rings. The standard InChI is InChI=1S/C15H26N2.C10H14N2O.C7H14.C3H8.C2H4/c16-13-9-4-2-1-3-5-10-14-17-15-11-7-6-8-12-15;1-2-10(13)12-9-5-3-4-8(6-9)7-11;1-5-7(4)6(2)3;1-3-2;1-2/h6-8,11-12,17H,1-5,9-10,13-14,16H2;3-6H,2,7,11H2,1H3,(H,12,13);7H,2,5H2,1,3-4H3;3H2,1-2H3;1-2H2. The predicted octanol–water partition coefficient (Wildman–Crippen LogP) is 10.1. The summed E-state index contributed by atoms with van der Waals surface area (Å²) in [7, 11) is 0. The number of unbranched alkanes of at least 4 members (excludes halogenated alkanes) is 6. The third-order valence-corrected chi connectivity index (χ3v) is 6.21. The summed E-state index contributed by atoms with van der Waals surface area (Å²) < 4.78 is 0. The number of carbonyl (C=O) groups is 1. The molecule has 2 rings (SSSR count).